The van der Waals surface area contributed by atoms with Crippen LogP contribution in [0.5, 0.6) is 0 Å². The van der Waals surface area contributed by atoms with E-state index in [4.69, 9.17) is 4.74 Å². The summed E-state index contributed by atoms with van der Waals surface area (Å²) in [6, 6.07) is 6.41. The number of aliphatic hydroxyl groups excluding tert-OH is 3. The summed E-state index contributed by atoms with van der Waals surface area (Å²) in [5, 5.41) is 47.7. The van der Waals surface area contributed by atoms with Crippen LogP contribution in [0.3, 0.4) is 0 Å². The van der Waals surface area contributed by atoms with Crippen LogP contribution in [0, 0.1) is 11.8 Å². The number of likely N-dealkylation sites (tertiary alicyclic amines) is 1. The van der Waals surface area contributed by atoms with Gasteiger partial charge in [0.1, 0.15) is 36.4 Å². The molecule has 3 saturated heterocycles. The summed E-state index contributed by atoms with van der Waals surface area (Å²) in [7, 11) is 0. The number of ketones is 1. The minimum atomic E-state index is -1.21. The molecular weight excluding hydrogens is 995 g/mol. The highest BCUT2D eigenvalue weighted by Crippen LogP contribution is 2.28. The van der Waals surface area contributed by atoms with Gasteiger partial charge in [-0.25, -0.2) is 4.79 Å². The van der Waals surface area contributed by atoms with E-state index in [2.05, 4.69) is 37.2 Å². The van der Waals surface area contributed by atoms with Crippen LogP contribution in [-0.2, 0) is 54.3 Å². The van der Waals surface area contributed by atoms with E-state index < -0.39 is 90.7 Å². The number of thioether (sulfide) groups is 1. The van der Waals surface area contributed by atoms with E-state index in [1.54, 1.807) is 24.3 Å². The third kappa shape index (κ3) is 22.0. The Bertz CT molecular complexity index is 2130. The number of imide groups is 1. The van der Waals surface area contributed by atoms with Crippen molar-refractivity contribution in [3.05, 3.63) is 48.0 Å². The zero-order valence-corrected chi connectivity index (χ0v) is 44.0. The van der Waals surface area contributed by atoms with Crippen LogP contribution in [-0.4, -0.2) is 178 Å². The minimum absolute atomic E-state index is 0.0312. The first-order valence-corrected chi connectivity index (χ1v) is 27.0. The van der Waals surface area contributed by atoms with E-state index >= 15 is 0 Å². The second-order valence-electron chi connectivity index (χ2n) is 19.4. The molecule has 416 valence electrons. The van der Waals surface area contributed by atoms with Crippen molar-refractivity contribution in [1.29, 1.82) is 0 Å². The fourth-order valence-electron chi connectivity index (χ4n) is 8.54. The summed E-state index contributed by atoms with van der Waals surface area (Å²) in [6.07, 6.45) is 4.44. The predicted octanol–water partition coefficient (Wildman–Crippen LogP) is -0.346. The molecular formula is C51H77N9O14S. The van der Waals surface area contributed by atoms with E-state index in [1.165, 1.54) is 40.6 Å². The van der Waals surface area contributed by atoms with Gasteiger partial charge in [0.05, 0.1) is 31.1 Å². The minimum Gasteiger partial charge on any atom is -0.394 e. The van der Waals surface area contributed by atoms with E-state index in [0.29, 0.717) is 50.9 Å². The third-order valence-corrected chi connectivity index (χ3v) is 13.9. The molecule has 8 atom stereocenters. The highest BCUT2D eigenvalue weighted by molar-refractivity contribution is 8.00. The number of carbonyl (C=O) groups is 10. The van der Waals surface area contributed by atoms with Gasteiger partial charge in [-0.3, -0.25) is 53.0 Å². The SMILES string of the molecule is CC(=O)CNC(=O)[C@@H](CC(C)C)NC(=O)C(Cc1ccccc1)NC(=O)CNC(=O)CCCCCN1C(=O)CC(SCCC(=O)NCCCCCCNC(=O)/C=C/C2CN([C@H]3CC(O)[C@@H](CO)O3)C(=O)NC2O)C1=O. The lowest BCUT2D eigenvalue weighted by Crippen LogP contribution is -2.59. The Morgan fingerprint density at radius 3 is 2.19 bits per heavy atom. The average Bonchev–Trinajstić information content (AvgIpc) is 3.87. The van der Waals surface area contributed by atoms with Crippen molar-refractivity contribution in [2.24, 2.45) is 11.8 Å². The molecule has 1 aromatic carbocycles. The Morgan fingerprint density at radius 1 is 0.813 bits per heavy atom. The summed E-state index contributed by atoms with van der Waals surface area (Å²) in [5.41, 5.74) is 0.759. The molecule has 0 bridgehead atoms. The van der Waals surface area contributed by atoms with Crippen LogP contribution in [0.25, 0.3) is 0 Å². The second-order valence-corrected chi connectivity index (χ2v) is 20.8. The zero-order chi connectivity index (χ0) is 54.9. The van der Waals surface area contributed by atoms with E-state index in [-0.39, 0.29) is 87.1 Å². The molecule has 0 aromatic heterocycles. The molecule has 3 aliphatic heterocycles. The van der Waals surface area contributed by atoms with Crippen molar-refractivity contribution in [2.75, 3.05) is 51.6 Å². The van der Waals surface area contributed by atoms with Gasteiger partial charge in [0.2, 0.25) is 47.3 Å². The lowest BCUT2D eigenvalue weighted by molar-refractivity contribution is -0.138. The number of Topliss-reactive ketones (excluding diaryl/α,β-unsaturated/α-hetero) is 1. The summed E-state index contributed by atoms with van der Waals surface area (Å²) >= 11 is 1.27. The van der Waals surface area contributed by atoms with Crippen molar-refractivity contribution >= 4 is 70.8 Å². The smallest absolute Gasteiger partial charge is 0.321 e. The first kappa shape index (κ1) is 61.6. The number of urea groups is 1. The van der Waals surface area contributed by atoms with Gasteiger partial charge in [-0.1, -0.05) is 69.5 Å². The van der Waals surface area contributed by atoms with Crippen molar-refractivity contribution in [1.82, 2.24) is 47.0 Å². The Morgan fingerprint density at radius 2 is 1.51 bits per heavy atom. The first-order chi connectivity index (χ1) is 35.8. The third-order valence-electron chi connectivity index (χ3n) is 12.7. The van der Waals surface area contributed by atoms with Gasteiger partial charge in [-0.15, -0.1) is 11.8 Å². The molecule has 5 unspecified atom stereocenters. The number of amides is 10. The number of hydrogen-bond acceptors (Lipinski definition) is 15. The summed E-state index contributed by atoms with van der Waals surface area (Å²) < 4.78 is 5.56. The number of ether oxygens (including phenoxy) is 1. The van der Waals surface area contributed by atoms with Gasteiger partial charge in [-0.05, 0) is 56.6 Å². The number of aliphatic hydroxyl groups is 3. The molecule has 1 aromatic rings. The number of nitrogens with one attached hydrogen (secondary N) is 7. The van der Waals surface area contributed by atoms with Gasteiger partial charge in [-0.2, -0.15) is 0 Å². The standard InChI is InChI=1S/C51H77N9O14S/c1-32(2)24-36(48(70)55-28-33(3)62)57-49(71)37(25-34-14-8-6-9-15-34)56-44(67)29-54-41(64)16-10-7-13-22-59-45(68)27-40(50(59)72)75-23-19-43(66)53-21-12-5-4-11-20-52-42(65)18-17-35-30-60(51(73)58-47(35)69)46-26-38(63)39(31-61)74-46/h6,8-9,14-15,17-18,32,35-40,46-47,61,63,69H,4-5,7,10-13,16,19-31H2,1-3H3,(H,52,65)(H,53,66)(H,54,64)(H,55,70)(H,56,67)(H,57,71)(H,58,73)/b18-17+/t35?,36-,37?,38?,39-,40?,46-,47?/m1/s1. The van der Waals surface area contributed by atoms with Crippen LogP contribution in [0.2, 0.25) is 0 Å². The van der Waals surface area contributed by atoms with Crippen molar-refractivity contribution in [2.45, 2.75) is 146 Å². The number of carbonyl (C=O) groups excluding carboxylic acids is 10. The molecule has 3 fully saturated rings. The van der Waals surface area contributed by atoms with Crippen LogP contribution in [0.15, 0.2) is 42.5 Å². The second kappa shape index (κ2) is 32.5. The summed E-state index contributed by atoms with van der Waals surface area (Å²) in [4.78, 5) is 129. The molecule has 3 aliphatic rings. The molecule has 24 heteroatoms. The Kier molecular flexibility index (Phi) is 26.7. The Labute approximate surface area is 442 Å². The topological polar surface area (TPSA) is 331 Å². The van der Waals surface area contributed by atoms with Crippen molar-refractivity contribution < 1.29 is 68.0 Å². The quantitative estimate of drug-likeness (QED) is 0.0245. The summed E-state index contributed by atoms with van der Waals surface area (Å²) in [6.45, 7) is 5.29. The molecule has 23 nitrogen and oxygen atoms in total. The monoisotopic (exact) mass is 1070 g/mol. The highest BCUT2D eigenvalue weighted by Gasteiger charge is 2.43. The molecule has 0 aliphatic carbocycles. The van der Waals surface area contributed by atoms with E-state index in [0.717, 1.165) is 24.8 Å². The lowest BCUT2D eigenvalue weighted by atomic mass is 10.0. The largest absolute Gasteiger partial charge is 0.394 e. The fraction of sp³-hybridized carbons (Fsp3) is 0.647. The molecule has 10 N–H and O–H groups in total. The molecule has 3 heterocycles. The van der Waals surface area contributed by atoms with Crippen LogP contribution in [0.4, 0.5) is 4.79 Å². The maximum absolute atomic E-state index is 13.5. The predicted molar refractivity (Wildman–Crippen MR) is 276 cm³/mol. The first-order valence-electron chi connectivity index (χ1n) is 25.9. The van der Waals surface area contributed by atoms with Gasteiger partial charge in [0.25, 0.3) is 0 Å². The van der Waals surface area contributed by atoms with E-state index in [9.17, 15) is 63.3 Å². The maximum atomic E-state index is 13.5. The molecule has 0 saturated carbocycles. The fourth-order valence-corrected chi connectivity index (χ4v) is 9.66. The van der Waals surface area contributed by atoms with Gasteiger partial charge in [0, 0.05) is 70.0 Å². The zero-order valence-electron chi connectivity index (χ0n) is 43.2. The van der Waals surface area contributed by atoms with Crippen LogP contribution in [0.1, 0.15) is 103 Å². The normalized spacial score (nSPS) is 21.4. The number of unbranched alkanes of at least 4 members (excludes halogenated alkanes) is 5. The lowest BCUT2D eigenvalue weighted by Gasteiger charge is -2.38. The molecule has 4 rings (SSSR count). The highest BCUT2D eigenvalue weighted by atomic mass is 32.2. The van der Waals surface area contributed by atoms with Crippen molar-refractivity contribution in [3.63, 3.8) is 0 Å². The molecule has 75 heavy (non-hydrogen) atoms. The Hall–Kier alpha value is -5.95. The van der Waals surface area contributed by atoms with Crippen LogP contribution < -0.4 is 37.2 Å². The molecule has 10 amide bonds. The summed E-state index contributed by atoms with van der Waals surface area (Å²) in [5.74, 6) is -3.68. The molecule has 0 radical (unpaired) electrons. The number of nitrogens with zero attached hydrogens (tertiary/aromatic N) is 2. The van der Waals surface area contributed by atoms with Gasteiger partial charge >= 0.3 is 6.03 Å². The van der Waals surface area contributed by atoms with Gasteiger partial charge < -0.3 is 57.3 Å². The number of benzene rings is 1. The van der Waals surface area contributed by atoms with Gasteiger partial charge in [0.15, 0.2) is 0 Å². The molecule has 0 spiro atoms. The number of rotatable bonds is 33. The average molecular weight is 1070 g/mol. The van der Waals surface area contributed by atoms with E-state index in [1.807, 2.05) is 19.9 Å². The van der Waals surface area contributed by atoms with Crippen LogP contribution >= 0.6 is 11.8 Å². The Balaban J connectivity index is 1.03. The number of hydrogen-bond donors (Lipinski definition) is 10. The van der Waals surface area contributed by atoms with Crippen molar-refractivity contribution in [3.8, 4) is 0 Å². The maximum Gasteiger partial charge on any atom is 0.321 e.